The summed E-state index contributed by atoms with van der Waals surface area (Å²) in [5, 5.41) is 1.83. The molecule has 1 fully saturated rings. The van der Waals surface area contributed by atoms with Gasteiger partial charge in [-0.3, -0.25) is 24.2 Å². The molecule has 4 amide bonds. The fourth-order valence-electron chi connectivity index (χ4n) is 2.60. The fraction of sp³-hybridized carbons (Fsp3) is 0.400. The van der Waals surface area contributed by atoms with Crippen LogP contribution in [0.15, 0.2) is 40.8 Å². The molecule has 0 aliphatic carbocycles. The van der Waals surface area contributed by atoms with Crippen LogP contribution in [0.4, 0.5) is 4.79 Å². The third kappa shape index (κ3) is 5.01. The van der Waals surface area contributed by atoms with E-state index in [1.807, 2.05) is 39.1 Å². The standard InChI is InChI=1S/C20H24N2O4S/c1-13(2)7-9-21-18(24)17(16(23)12-15-6-5-11-27-15)19(25)22(20(21)26)10-8-14(3)4/h5-8,11,17H,9-10,12H2,1-4H3. The van der Waals surface area contributed by atoms with E-state index < -0.39 is 29.5 Å². The first kappa shape index (κ1) is 20.8. The molecule has 6 nitrogen and oxygen atoms in total. The predicted molar refractivity (Wildman–Crippen MR) is 104 cm³/mol. The Morgan fingerprint density at radius 1 is 1.00 bits per heavy atom. The molecule has 0 radical (unpaired) electrons. The molecule has 0 saturated carbocycles. The van der Waals surface area contributed by atoms with E-state index in [2.05, 4.69) is 0 Å². The Hall–Kier alpha value is -2.54. The second-order valence-electron chi connectivity index (χ2n) is 6.90. The van der Waals surface area contributed by atoms with Crippen LogP contribution < -0.4 is 0 Å². The number of ketones is 1. The molecule has 0 atom stereocenters. The van der Waals surface area contributed by atoms with Crippen LogP contribution in [0.3, 0.4) is 0 Å². The van der Waals surface area contributed by atoms with Gasteiger partial charge in [-0.2, -0.15) is 0 Å². The number of amides is 4. The van der Waals surface area contributed by atoms with Gasteiger partial charge in [0.25, 0.3) is 11.8 Å². The molecule has 0 spiro atoms. The van der Waals surface area contributed by atoms with Gasteiger partial charge >= 0.3 is 6.03 Å². The van der Waals surface area contributed by atoms with E-state index in [1.54, 1.807) is 18.2 Å². The normalized spacial score (nSPS) is 15.2. The number of rotatable bonds is 7. The van der Waals surface area contributed by atoms with Gasteiger partial charge in [-0.15, -0.1) is 11.3 Å². The number of barbiturate groups is 1. The van der Waals surface area contributed by atoms with E-state index in [0.29, 0.717) is 0 Å². The summed E-state index contributed by atoms with van der Waals surface area (Å²) in [7, 11) is 0. The molecule has 1 aromatic heterocycles. The molecular weight excluding hydrogens is 364 g/mol. The monoisotopic (exact) mass is 388 g/mol. The topological polar surface area (TPSA) is 74.8 Å². The summed E-state index contributed by atoms with van der Waals surface area (Å²) in [6.07, 6.45) is 3.46. The van der Waals surface area contributed by atoms with Crippen molar-refractivity contribution < 1.29 is 19.2 Å². The van der Waals surface area contributed by atoms with Gasteiger partial charge < -0.3 is 0 Å². The van der Waals surface area contributed by atoms with Gasteiger partial charge in [0.1, 0.15) is 0 Å². The summed E-state index contributed by atoms with van der Waals surface area (Å²) in [6.45, 7) is 7.49. The van der Waals surface area contributed by atoms with Crippen LogP contribution in [0.1, 0.15) is 32.6 Å². The van der Waals surface area contributed by atoms with Crippen LogP contribution in [-0.4, -0.2) is 46.5 Å². The van der Waals surface area contributed by atoms with Gasteiger partial charge in [0.15, 0.2) is 11.7 Å². The Morgan fingerprint density at radius 3 is 1.93 bits per heavy atom. The van der Waals surface area contributed by atoms with E-state index >= 15 is 0 Å². The highest BCUT2D eigenvalue weighted by Crippen LogP contribution is 2.22. The molecule has 7 heteroatoms. The lowest BCUT2D eigenvalue weighted by Gasteiger charge is -2.35. The predicted octanol–water partition coefficient (Wildman–Crippen LogP) is 3.20. The van der Waals surface area contributed by atoms with Crippen LogP contribution in [0.2, 0.25) is 0 Å². The van der Waals surface area contributed by atoms with Gasteiger partial charge in [0.05, 0.1) is 0 Å². The Morgan fingerprint density at radius 2 is 1.52 bits per heavy atom. The number of thiophene rings is 1. The lowest BCUT2D eigenvalue weighted by Crippen LogP contribution is -2.61. The molecule has 1 aliphatic rings. The summed E-state index contributed by atoms with van der Waals surface area (Å²) in [5.41, 5.74) is 1.87. The van der Waals surface area contributed by atoms with Crippen LogP contribution in [0.5, 0.6) is 0 Å². The van der Waals surface area contributed by atoms with Crippen LogP contribution >= 0.6 is 11.3 Å². The largest absolute Gasteiger partial charge is 0.334 e. The molecule has 144 valence electrons. The van der Waals surface area contributed by atoms with Crippen LogP contribution in [0.25, 0.3) is 0 Å². The van der Waals surface area contributed by atoms with E-state index in [1.165, 1.54) is 11.3 Å². The van der Waals surface area contributed by atoms with E-state index in [4.69, 9.17) is 0 Å². The Bertz CT molecular complexity index is 758. The van der Waals surface area contributed by atoms with Crippen molar-refractivity contribution in [2.24, 2.45) is 5.92 Å². The average Bonchev–Trinajstić information content (AvgIpc) is 3.06. The molecule has 1 saturated heterocycles. The Kier molecular flexibility index (Phi) is 6.85. The maximum absolute atomic E-state index is 12.8. The SMILES string of the molecule is CC(C)=CCN1C(=O)C(C(=O)Cc2cccs2)C(=O)N(CC=C(C)C)C1=O. The van der Waals surface area contributed by atoms with Gasteiger partial charge in [-0.25, -0.2) is 4.79 Å². The van der Waals surface area contributed by atoms with Crippen molar-refractivity contribution in [2.75, 3.05) is 13.1 Å². The average molecular weight is 388 g/mol. The quantitative estimate of drug-likeness (QED) is 0.531. The number of allylic oxidation sites excluding steroid dienone is 2. The zero-order chi connectivity index (χ0) is 20.1. The minimum Gasteiger partial charge on any atom is -0.298 e. The van der Waals surface area contributed by atoms with Crippen molar-refractivity contribution in [3.05, 3.63) is 45.7 Å². The van der Waals surface area contributed by atoms with Crippen LogP contribution in [0, 0.1) is 5.92 Å². The molecular formula is C20H24N2O4S. The molecule has 0 bridgehead atoms. The van der Waals surface area contributed by atoms with Crippen LogP contribution in [-0.2, 0) is 20.8 Å². The van der Waals surface area contributed by atoms with Gasteiger partial charge in [-0.1, -0.05) is 29.4 Å². The van der Waals surface area contributed by atoms with E-state index in [-0.39, 0.29) is 19.5 Å². The minimum atomic E-state index is -1.47. The number of hydrogen-bond donors (Lipinski definition) is 0. The molecule has 2 rings (SSSR count). The molecule has 0 unspecified atom stereocenters. The van der Waals surface area contributed by atoms with Gasteiger partial charge in [-0.05, 0) is 39.1 Å². The number of hydrogen-bond acceptors (Lipinski definition) is 5. The third-order valence-electron chi connectivity index (χ3n) is 4.10. The Balaban J connectivity index is 2.34. The zero-order valence-corrected chi connectivity index (χ0v) is 16.8. The summed E-state index contributed by atoms with van der Waals surface area (Å²) >= 11 is 1.39. The highest BCUT2D eigenvalue weighted by atomic mass is 32.1. The third-order valence-corrected chi connectivity index (χ3v) is 4.98. The maximum atomic E-state index is 12.8. The molecule has 1 aromatic rings. The van der Waals surface area contributed by atoms with Gasteiger partial charge in [0.2, 0.25) is 0 Å². The molecule has 2 heterocycles. The highest BCUT2D eigenvalue weighted by molar-refractivity contribution is 7.10. The number of carbonyl (C=O) groups is 4. The first-order valence-electron chi connectivity index (χ1n) is 8.71. The van der Waals surface area contributed by atoms with Crippen molar-refractivity contribution in [2.45, 2.75) is 34.1 Å². The van der Waals surface area contributed by atoms with Crippen molar-refractivity contribution >= 4 is 35.0 Å². The fourth-order valence-corrected chi connectivity index (χ4v) is 3.31. The van der Waals surface area contributed by atoms with Crippen molar-refractivity contribution in [3.63, 3.8) is 0 Å². The second kappa shape index (κ2) is 8.90. The maximum Gasteiger partial charge on any atom is 0.334 e. The number of Topliss-reactive ketones (excluding diaryl/α,β-unsaturated/α-hetero) is 1. The zero-order valence-electron chi connectivity index (χ0n) is 16.0. The van der Waals surface area contributed by atoms with Crippen molar-refractivity contribution in [1.82, 2.24) is 9.80 Å². The van der Waals surface area contributed by atoms with E-state index in [9.17, 15) is 19.2 Å². The molecule has 1 aliphatic heterocycles. The summed E-state index contributed by atoms with van der Waals surface area (Å²) in [6, 6.07) is 2.91. The first-order chi connectivity index (χ1) is 12.7. The number of nitrogens with zero attached hydrogens (tertiary/aromatic N) is 2. The summed E-state index contributed by atoms with van der Waals surface area (Å²) in [5.74, 6) is -3.43. The lowest BCUT2D eigenvalue weighted by molar-refractivity contribution is -0.152. The lowest BCUT2D eigenvalue weighted by atomic mass is 9.95. The summed E-state index contributed by atoms with van der Waals surface area (Å²) < 4.78 is 0. The number of imide groups is 2. The van der Waals surface area contributed by atoms with Gasteiger partial charge in [0, 0.05) is 24.4 Å². The number of urea groups is 1. The minimum absolute atomic E-state index is 0.000966. The smallest absolute Gasteiger partial charge is 0.298 e. The van der Waals surface area contributed by atoms with Crippen molar-refractivity contribution in [3.8, 4) is 0 Å². The number of carbonyl (C=O) groups excluding carboxylic acids is 4. The first-order valence-corrected chi connectivity index (χ1v) is 9.59. The molecule has 27 heavy (non-hydrogen) atoms. The van der Waals surface area contributed by atoms with Crippen molar-refractivity contribution in [1.29, 1.82) is 0 Å². The highest BCUT2D eigenvalue weighted by Gasteiger charge is 2.48. The molecule has 0 aromatic carbocycles. The van der Waals surface area contributed by atoms with E-state index in [0.717, 1.165) is 25.8 Å². The molecule has 0 N–H and O–H groups in total. The summed E-state index contributed by atoms with van der Waals surface area (Å²) in [4.78, 5) is 53.8. The second-order valence-corrected chi connectivity index (χ2v) is 7.93. The Labute approximate surface area is 163 Å².